The van der Waals surface area contributed by atoms with Crippen LogP contribution in [0.5, 0.6) is 0 Å². The molecule has 1 amide bonds. The molecule has 2 aromatic rings. The molecule has 1 unspecified atom stereocenters. The molecule has 0 saturated heterocycles. The van der Waals surface area contributed by atoms with Gasteiger partial charge in [-0.15, -0.1) is 0 Å². The van der Waals surface area contributed by atoms with E-state index in [9.17, 15) is 31.9 Å². The lowest BCUT2D eigenvalue weighted by Gasteiger charge is -2.35. The number of rotatable bonds is 4. The Morgan fingerprint density at radius 1 is 1.28 bits per heavy atom. The number of fused-ring (bicyclic) bond motifs is 1. The first-order valence-corrected chi connectivity index (χ1v) is 9.91. The smallest absolute Gasteiger partial charge is 0.419 e. The maximum Gasteiger partial charge on any atom is 0.419 e. The maximum atomic E-state index is 14.2. The lowest BCUT2D eigenvalue weighted by atomic mass is 9.99. The highest BCUT2D eigenvalue weighted by Gasteiger charge is 2.37. The molecule has 1 aromatic heterocycles. The van der Waals surface area contributed by atoms with Crippen LogP contribution in [0.25, 0.3) is 0 Å². The average Bonchev–Trinajstić information content (AvgIpc) is 2.97. The Labute approximate surface area is 176 Å². The summed E-state index contributed by atoms with van der Waals surface area (Å²) in [4.78, 5) is 17.3. The van der Waals surface area contributed by atoms with E-state index in [4.69, 9.17) is 0 Å². The number of halogens is 6. The highest BCUT2D eigenvalue weighted by atomic mass is 127. The summed E-state index contributed by atoms with van der Waals surface area (Å²) in [6.45, 7) is 2.56. The molecule has 0 radical (unpaired) electrons. The summed E-state index contributed by atoms with van der Waals surface area (Å²) in [5, 5.41) is 9.55. The normalized spacial score (nSPS) is 16.8. The fourth-order valence-corrected chi connectivity index (χ4v) is 4.57. The van der Waals surface area contributed by atoms with Gasteiger partial charge in [0, 0.05) is 19.5 Å². The third-order valence-corrected chi connectivity index (χ3v) is 5.78. The van der Waals surface area contributed by atoms with Crippen molar-refractivity contribution < 1.29 is 31.9 Å². The summed E-state index contributed by atoms with van der Waals surface area (Å²) in [5.41, 5.74) is -1.23. The number of carboxylic acid groups (broad SMARTS) is 1. The van der Waals surface area contributed by atoms with Crippen LogP contribution in [0.4, 0.5) is 26.7 Å². The van der Waals surface area contributed by atoms with Gasteiger partial charge in [-0.3, -0.25) is 4.90 Å². The molecule has 0 fully saturated rings. The minimum atomic E-state index is -4.99. The van der Waals surface area contributed by atoms with Crippen LogP contribution < -0.4 is 0 Å². The van der Waals surface area contributed by atoms with Crippen molar-refractivity contribution in [1.29, 1.82) is 0 Å². The molecular weight excluding hydrogens is 512 g/mol. The van der Waals surface area contributed by atoms with E-state index in [1.165, 1.54) is 4.90 Å². The first kappa shape index (κ1) is 21.8. The summed E-state index contributed by atoms with van der Waals surface area (Å²) < 4.78 is 68.8. The molecule has 5 nitrogen and oxygen atoms in total. The number of hydrogen-bond donors (Lipinski definition) is 1. The topological polar surface area (TPSA) is 58.4 Å². The first-order valence-electron chi connectivity index (χ1n) is 8.84. The van der Waals surface area contributed by atoms with E-state index in [0.29, 0.717) is 28.4 Å². The Kier molecular flexibility index (Phi) is 6.06. The predicted octanol–water partition coefficient (Wildman–Crippen LogP) is 5.01. The Balaban J connectivity index is 1.92. The lowest BCUT2D eigenvalue weighted by Crippen LogP contribution is -2.42. The summed E-state index contributed by atoms with van der Waals surface area (Å²) >= 11 is 2.00. The summed E-state index contributed by atoms with van der Waals surface area (Å²) in [7, 11) is 0. The van der Waals surface area contributed by atoms with Crippen LogP contribution in [0.3, 0.4) is 0 Å². The minimum Gasteiger partial charge on any atom is -0.465 e. The van der Waals surface area contributed by atoms with Crippen LogP contribution in [0.2, 0.25) is 0 Å². The van der Waals surface area contributed by atoms with Crippen molar-refractivity contribution in [3.8, 4) is 0 Å². The van der Waals surface area contributed by atoms with Gasteiger partial charge in [-0.05, 0) is 53.1 Å². The zero-order chi connectivity index (χ0) is 21.5. The number of aromatic nitrogens is 2. The zero-order valence-corrected chi connectivity index (χ0v) is 17.4. The molecule has 0 spiro atoms. The van der Waals surface area contributed by atoms with Crippen molar-refractivity contribution in [2.75, 3.05) is 6.54 Å². The van der Waals surface area contributed by atoms with Gasteiger partial charge in [0.05, 0.1) is 17.3 Å². The first-order chi connectivity index (χ1) is 13.5. The number of imidazole rings is 1. The van der Waals surface area contributed by atoms with Crippen LogP contribution in [0.15, 0.2) is 12.1 Å². The molecular formula is C18H17F5IN3O2. The van der Waals surface area contributed by atoms with Crippen LogP contribution in [0, 0.1) is 15.3 Å². The Morgan fingerprint density at radius 2 is 1.97 bits per heavy atom. The summed E-state index contributed by atoms with van der Waals surface area (Å²) in [6, 6.07) is 0.0147. The lowest BCUT2D eigenvalue weighted by molar-refractivity contribution is -0.140. The molecule has 11 heteroatoms. The van der Waals surface area contributed by atoms with Crippen molar-refractivity contribution in [3.63, 3.8) is 0 Å². The Bertz CT molecular complexity index is 945. The van der Waals surface area contributed by atoms with E-state index in [-0.39, 0.29) is 31.0 Å². The third-order valence-electron chi connectivity index (χ3n) is 4.99. The summed E-state index contributed by atoms with van der Waals surface area (Å²) in [5.74, 6) is -1.93. The van der Waals surface area contributed by atoms with Gasteiger partial charge in [-0.1, -0.05) is 6.92 Å². The van der Waals surface area contributed by atoms with Gasteiger partial charge < -0.3 is 9.67 Å². The van der Waals surface area contributed by atoms with Crippen LogP contribution in [0.1, 0.15) is 42.0 Å². The SMILES string of the molecule is CCc1nc(I)c2n1CCN(C(=O)O)C2CCc1cc(F)c(C(F)(F)F)cc1F. The van der Waals surface area contributed by atoms with E-state index in [1.54, 1.807) is 0 Å². The van der Waals surface area contributed by atoms with Crippen molar-refractivity contribution in [2.45, 2.75) is 44.9 Å². The van der Waals surface area contributed by atoms with Gasteiger partial charge in [-0.25, -0.2) is 18.6 Å². The van der Waals surface area contributed by atoms with E-state index in [1.807, 2.05) is 34.1 Å². The molecule has 2 heterocycles. The second-order valence-electron chi connectivity index (χ2n) is 6.66. The molecule has 29 heavy (non-hydrogen) atoms. The van der Waals surface area contributed by atoms with Gasteiger partial charge in [0.25, 0.3) is 0 Å². The second kappa shape index (κ2) is 8.07. The Morgan fingerprint density at radius 3 is 2.55 bits per heavy atom. The standard InChI is InChI=1S/C18H17F5IN3O2/c1-2-14-25-16(24)15-13(26(17(28)29)5-6-27(14)15)4-3-9-7-12(20)10(8-11(9)19)18(21,22)23/h7-8,13H,2-6H2,1H3,(H,28,29). The number of benzene rings is 1. The molecule has 0 aliphatic carbocycles. The van der Waals surface area contributed by atoms with Crippen LogP contribution in [-0.4, -0.2) is 32.2 Å². The molecule has 0 bridgehead atoms. The molecule has 0 saturated carbocycles. The van der Waals surface area contributed by atoms with E-state index >= 15 is 0 Å². The molecule has 1 aromatic carbocycles. The average molecular weight is 529 g/mol. The van der Waals surface area contributed by atoms with Crippen molar-refractivity contribution in [1.82, 2.24) is 14.5 Å². The van der Waals surface area contributed by atoms with Crippen LogP contribution in [-0.2, 0) is 25.6 Å². The van der Waals surface area contributed by atoms with Crippen molar-refractivity contribution in [3.05, 3.63) is 50.1 Å². The number of amides is 1. The molecule has 1 N–H and O–H groups in total. The molecule has 158 valence electrons. The van der Waals surface area contributed by atoms with E-state index in [0.717, 1.165) is 5.82 Å². The van der Waals surface area contributed by atoms with Crippen LogP contribution >= 0.6 is 22.6 Å². The maximum absolute atomic E-state index is 14.2. The van der Waals surface area contributed by atoms with Gasteiger partial charge in [0.15, 0.2) is 0 Å². The van der Waals surface area contributed by atoms with Crippen molar-refractivity contribution >= 4 is 28.7 Å². The molecule has 1 atom stereocenters. The highest BCUT2D eigenvalue weighted by molar-refractivity contribution is 14.1. The highest BCUT2D eigenvalue weighted by Crippen LogP contribution is 2.36. The van der Waals surface area contributed by atoms with Gasteiger partial charge in [-0.2, -0.15) is 13.2 Å². The number of hydrogen-bond acceptors (Lipinski definition) is 2. The third kappa shape index (κ3) is 4.19. The molecule has 1 aliphatic rings. The van der Waals surface area contributed by atoms with E-state index in [2.05, 4.69) is 4.98 Å². The fraction of sp³-hybridized carbons (Fsp3) is 0.444. The largest absolute Gasteiger partial charge is 0.465 e. The van der Waals surface area contributed by atoms with E-state index < -0.39 is 35.5 Å². The number of carbonyl (C=O) groups is 1. The van der Waals surface area contributed by atoms with Gasteiger partial charge >= 0.3 is 12.3 Å². The number of alkyl halides is 3. The Hall–Kier alpha value is -1.92. The van der Waals surface area contributed by atoms with Gasteiger partial charge in [0.1, 0.15) is 21.2 Å². The molecule has 1 aliphatic heterocycles. The molecule has 3 rings (SSSR count). The second-order valence-corrected chi connectivity index (χ2v) is 7.68. The monoisotopic (exact) mass is 529 g/mol. The quantitative estimate of drug-likeness (QED) is 0.448. The van der Waals surface area contributed by atoms with Crippen molar-refractivity contribution in [2.24, 2.45) is 0 Å². The predicted molar refractivity (Wildman–Crippen MR) is 101 cm³/mol. The zero-order valence-electron chi connectivity index (χ0n) is 15.2. The minimum absolute atomic E-state index is 0.0822. The fourth-order valence-electron chi connectivity index (χ4n) is 3.64. The number of aryl methyl sites for hydroxylation is 2. The summed E-state index contributed by atoms with van der Waals surface area (Å²) in [6.07, 6.45) is -5.55. The van der Waals surface area contributed by atoms with Gasteiger partial charge in [0.2, 0.25) is 0 Å². The number of nitrogens with zero attached hydrogens (tertiary/aromatic N) is 3.